The molecule has 0 spiro atoms. The van der Waals surface area contributed by atoms with Gasteiger partial charge in [-0.1, -0.05) is 133 Å². The predicted molar refractivity (Wildman–Crippen MR) is 177 cm³/mol. The molecule has 1 aliphatic rings. The number of nitrogens with zero attached hydrogens (tertiary/aromatic N) is 3. The van der Waals surface area contributed by atoms with Gasteiger partial charge in [-0.15, -0.1) is 0 Å². The van der Waals surface area contributed by atoms with Crippen LogP contribution in [0.3, 0.4) is 0 Å². The third-order valence-corrected chi connectivity index (χ3v) is 8.56. The van der Waals surface area contributed by atoms with Crippen molar-refractivity contribution >= 4 is 21.8 Å². The molecule has 0 aliphatic carbocycles. The van der Waals surface area contributed by atoms with E-state index in [1.807, 2.05) is 12.1 Å². The summed E-state index contributed by atoms with van der Waals surface area (Å²) in [6.45, 7) is 0. The van der Waals surface area contributed by atoms with Crippen molar-refractivity contribution in [1.82, 2.24) is 14.5 Å². The number of hydrogen-bond acceptors (Lipinski definition) is 2. The van der Waals surface area contributed by atoms with Gasteiger partial charge in [-0.3, -0.25) is 0 Å². The second-order valence-electron chi connectivity index (χ2n) is 11.0. The van der Waals surface area contributed by atoms with Crippen molar-refractivity contribution in [3.8, 4) is 61.8 Å². The molecule has 0 fully saturated rings. The van der Waals surface area contributed by atoms with Crippen molar-refractivity contribution < 1.29 is 0 Å². The summed E-state index contributed by atoms with van der Waals surface area (Å²) in [5, 5.41) is 2.51. The topological polar surface area (TPSA) is 30.7 Å². The van der Waals surface area contributed by atoms with E-state index < -0.39 is 0 Å². The summed E-state index contributed by atoms with van der Waals surface area (Å²) in [7, 11) is 0. The highest BCUT2D eigenvalue weighted by molar-refractivity contribution is 6.16. The van der Waals surface area contributed by atoms with Crippen LogP contribution in [0.5, 0.6) is 0 Å². The van der Waals surface area contributed by atoms with Crippen LogP contribution in [0.4, 0.5) is 0 Å². The zero-order chi connectivity index (χ0) is 28.3. The van der Waals surface area contributed by atoms with E-state index in [1.165, 1.54) is 44.1 Å². The Morgan fingerprint density at radius 3 is 1.70 bits per heavy atom. The molecule has 3 heteroatoms. The summed E-state index contributed by atoms with van der Waals surface area (Å²) in [5.74, 6) is 0.710. The first-order chi connectivity index (χ1) is 21.3. The molecule has 0 saturated heterocycles. The van der Waals surface area contributed by atoms with Gasteiger partial charge in [-0.25, -0.2) is 9.97 Å². The van der Waals surface area contributed by atoms with Crippen LogP contribution in [0.1, 0.15) is 0 Å². The fourth-order valence-electron chi connectivity index (χ4n) is 6.61. The quantitative estimate of drug-likeness (QED) is 0.220. The van der Waals surface area contributed by atoms with Gasteiger partial charge < -0.3 is 4.57 Å². The van der Waals surface area contributed by atoms with Crippen LogP contribution in [0.15, 0.2) is 152 Å². The average Bonchev–Trinajstić information content (AvgIpc) is 3.37. The molecule has 0 bridgehead atoms. The van der Waals surface area contributed by atoms with E-state index in [-0.39, 0.29) is 0 Å². The highest BCUT2D eigenvalue weighted by atomic mass is 15.0. The van der Waals surface area contributed by atoms with Crippen molar-refractivity contribution in [2.24, 2.45) is 0 Å². The van der Waals surface area contributed by atoms with Crippen LogP contribution < -0.4 is 0 Å². The zero-order valence-electron chi connectivity index (χ0n) is 23.3. The number of fused-ring (bicyclic) bond motifs is 8. The van der Waals surface area contributed by atoms with Gasteiger partial charge in [0.2, 0.25) is 0 Å². The van der Waals surface area contributed by atoms with Crippen LogP contribution in [0.25, 0.3) is 83.6 Å². The van der Waals surface area contributed by atoms with Gasteiger partial charge in [-0.05, 0) is 29.3 Å². The Kier molecular flexibility index (Phi) is 5.20. The molecular weight excluding hydrogens is 522 g/mol. The van der Waals surface area contributed by atoms with E-state index in [9.17, 15) is 0 Å². The Hall–Kier alpha value is -5.80. The third-order valence-electron chi connectivity index (χ3n) is 8.56. The molecule has 6 aromatic carbocycles. The lowest BCUT2D eigenvalue weighted by Gasteiger charge is -2.15. The molecule has 0 unspecified atom stereocenters. The Balaban J connectivity index is 1.35. The van der Waals surface area contributed by atoms with E-state index in [0.29, 0.717) is 5.82 Å². The van der Waals surface area contributed by atoms with Crippen LogP contribution in [0, 0.1) is 0 Å². The molecule has 0 saturated carbocycles. The molecule has 3 nitrogen and oxygen atoms in total. The summed E-state index contributed by atoms with van der Waals surface area (Å²) < 4.78 is 2.44. The van der Waals surface area contributed by atoms with Crippen molar-refractivity contribution in [2.75, 3.05) is 0 Å². The minimum atomic E-state index is 0.710. The van der Waals surface area contributed by atoms with Gasteiger partial charge in [0.15, 0.2) is 5.82 Å². The molecule has 9 rings (SSSR count). The number of hydrogen-bond donors (Lipinski definition) is 0. The van der Waals surface area contributed by atoms with E-state index in [4.69, 9.17) is 9.97 Å². The Morgan fingerprint density at radius 1 is 0.395 bits per heavy atom. The van der Waals surface area contributed by atoms with Gasteiger partial charge in [-0.2, -0.15) is 0 Å². The van der Waals surface area contributed by atoms with Crippen LogP contribution in [-0.4, -0.2) is 14.5 Å². The average molecular weight is 548 g/mol. The summed E-state index contributed by atoms with van der Waals surface area (Å²) in [6, 6.07) is 53.6. The van der Waals surface area contributed by atoms with E-state index >= 15 is 0 Å². The first kappa shape index (κ1) is 23.9. The van der Waals surface area contributed by atoms with Crippen LogP contribution in [0.2, 0.25) is 0 Å². The minimum absolute atomic E-state index is 0.710. The Bertz CT molecular complexity index is 2280. The molecular formula is C40H25N3. The first-order valence-corrected chi connectivity index (χ1v) is 14.6. The SMILES string of the molecule is c1ccc(-c2cc(-c3ccccc3)nc(-c3ccc4c(c3)-n3c5ccccc5c5cccc(c53)-c3ccccc3-4)n2)cc1. The number of benzene rings is 6. The maximum absolute atomic E-state index is 5.14. The molecule has 0 radical (unpaired) electrons. The predicted octanol–water partition coefficient (Wildman–Crippen LogP) is 10.2. The maximum Gasteiger partial charge on any atom is 0.160 e. The molecule has 0 atom stereocenters. The summed E-state index contributed by atoms with van der Waals surface area (Å²) in [5.41, 5.74) is 13.4. The van der Waals surface area contributed by atoms with E-state index in [1.54, 1.807) is 0 Å². The monoisotopic (exact) mass is 547 g/mol. The number of aromatic nitrogens is 3. The van der Waals surface area contributed by atoms with Gasteiger partial charge >= 0.3 is 0 Å². The largest absolute Gasteiger partial charge is 0.308 e. The van der Waals surface area contributed by atoms with Crippen molar-refractivity contribution in [3.05, 3.63) is 152 Å². The van der Waals surface area contributed by atoms with Crippen LogP contribution >= 0.6 is 0 Å². The lowest BCUT2D eigenvalue weighted by atomic mass is 9.93. The van der Waals surface area contributed by atoms with Crippen molar-refractivity contribution in [3.63, 3.8) is 0 Å². The lowest BCUT2D eigenvalue weighted by molar-refractivity contribution is 1.16. The molecule has 0 amide bonds. The summed E-state index contributed by atoms with van der Waals surface area (Å²) >= 11 is 0. The van der Waals surface area contributed by atoms with Gasteiger partial charge in [0.25, 0.3) is 0 Å². The van der Waals surface area contributed by atoms with E-state index in [2.05, 4.69) is 144 Å². The lowest BCUT2D eigenvalue weighted by Crippen LogP contribution is -1.99. The highest BCUT2D eigenvalue weighted by Gasteiger charge is 2.24. The normalized spacial score (nSPS) is 11.7. The maximum atomic E-state index is 5.14. The zero-order valence-corrected chi connectivity index (χ0v) is 23.3. The minimum Gasteiger partial charge on any atom is -0.308 e. The van der Waals surface area contributed by atoms with Crippen molar-refractivity contribution in [2.45, 2.75) is 0 Å². The first-order valence-electron chi connectivity index (χ1n) is 14.6. The van der Waals surface area contributed by atoms with Crippen LogP contribution in [-0.2, 0) is 0 Å². The molecule has 3 heterocycles. The molecule has 43 heavy (non-hydrogen) atoms. The molecule has 200 valence electrons. The summed E-state index contributed by atoms with van der Waals surface area (Å²) in [4.78, 5) is 10.3. The summed E-state index contributed by atoms with van der Waals surface area (Å²) in [6.07, 6.45) is 0. The fourth-order valence-corrected chi connectivity index (χ4v) is 6.61. The Labute approximate surface area is 249 Å². The number of rotatable bonds is 3. The molecule has 2 aromatic heterocycles. The van der Waals surface area contributed by atoms with Gasteiger partial charge in [0, 0.05) is 38.6 Å². The second kappa shape index (κ2) is 9.37. The third kappa shape index (κ3) is 3.68. The molecule has 1 aliphatic heterocycles. The molecule has 0 N–H and O–H groups in total. The highest BCUT2D eigenvalue weighted by Crippen LogP contribution is 2.47. The van der Waals surface area contributed by atoms with Gasteiger partial charge in [0.05, 0.1) is 28.1 Å². The number of para-hydroxylation sites is 2. The smallest absolute Gasteiger partial charge is 0.160 e. The fraction of sp³-hybridized carbons (Fsp3) is 0. The standard InChI is InChI=1S/C40H25N3/c1-3-12-26(13-4-1)35-25-36(27-14-5-2-6-15-27)42-40(41-35)28-22-23-32-29-16-7-8-17-30(29)33-19-11-20-34-31-18-9-10-21-37(31)43(39(33)34)38(32)24-28/h1-25H. The Morgan fingerprint density at radius 2 is 0.977 bits per heavy atom. The van der Waals surface area contributed by atoms with E-state index in [0.717, 1.165) is 33.8 Å². The van der Waals surface area contributed by atoms with Gasteiger partial charge in [0.1, 0.15) is 0 Å². The second-order valence-corrected chi connectivity index (χ2v) is 11.0. The van der Waals surface area contributed by atoms with Crippen molar-refractivity contribution in [1.29, 1.82) is 0 Å². The molecule has 8 aromatic rings.